The summed E-state index contributed by atoms with van der Waals surface area (Å²) in [5.41, 5.74) is 6.91. The van der Waals surface area contributed by atoms with Gasteiger partial charge in [0.2, 0.25) is 0 Å². The van der Waals surface area contributed by atoms with Crippen LogP contribution in [-0.4, -0.2) is 21.3 Å². The van der Waals surface area contributed by atoms with Crippen LogP contribution in [0.1, 0.15) is 18.0 Å². The van der Waals surface area contributed by atoms with Gasteiger partial charge in [-0.15, -0.1) is 19.0 Å². The molecule has 1 atom stereocenters. The van der Waals surface area contributed by atoms with Gasteiger partial charge in [-0.05, 0) is 6.42 Å². The highest BCUT2D eigenvalue weighted by molar-refractivity contribution is 5.85. The quantitative estimate of drug-likeness (QED) is 0.810. The summed E-state index contributed by atoms with van der Waals surface area (Å²) < 4.78 is 15.8. The monoisotopic (exact) mass is 273 g/mol. The van der Waals surface area contributed by atoms with Crippen LogP contribution in [0.5, 0.6) is 17.2 Å². The van der Waals surface area contributed by atoms with Crippen molar-refractivity contribution in [2.45, 2.75) is 12.5 Å². The zero-order valence-corrected chi connectivity index (χ0v) is 11.8. The van der Waals surface area contributed by atoms with E-state index in [-0.39, 0.29) is 18.4 Å². The molecule has 0 bridgehead atoms. The Kier molecular flexibility index (Phi) is 7.24. The number of halogens is 1. The second-order valence-electron chi connectivity index (χ2n) is 3.58. The van der Waals surface area contributed by atoms with Crippen molar-refractivity contribution in [3.05, 3.63) is 30.4 Å². The smallest absolute Gasteiger partial charge is 0.131 e. The topological polar surface area (TPSA) is 53.7 Å². The summed E-state index contributed by atoms with van der Waals surface area (Å²) in [6.45, 7) is 3.68. The highest BCUT2D eigenvalue weighted by Crippen LogP contribution is 2.38. The van der Waals surface area contributed by atoms with Crippen molar-refractivity contribution in [3.63, 3.8) is 0 Å². The summed E-state index contributed by atoms with van der Waals surface area (Å²) >= 11 is 0. The van der Waals surface area contributed by atoms with E-state index in [1.54, 1.807) is 39.5 Å². The first kappa shape index (κ1) is 16.6. The molecule has 5 heteroatoms. The van der Waals surface area contributed by atoms with E-state index in [2.05, 4.69) is 6.58 Å². The summed E-state index contributed by atoms with van der Waals surface area (Å²) in [7, 11) is 4.79. The van der Waals surface area contributed by atoms with E-state index in [0.29, 0.717) is 23.7 Å². The molecule has 2 N–H and O–H groups in total. The Bertz CT molecular complexity index is 371. The van der Waals surface area contributed by atoms with Crippen LogP contribution in [0, 0.1) is 0 Å². The molecule has 4 nitrogen and oxygen atoms in total. The Morgan fingerprint density at radius 1 is 1.17 bits per heavy atom. The van der Waals surface area contributed by atoms with Crippen LogP contribution in [0.25, 0.3) is 0 Å². The normalized spacial score (nSPS) is 11.1. The third-order valence-corrected chi connectivity index (χ3v) is 2.54. The third kappa shape index (κ3) is 3.55. The average Bonchev–Trinajstić information content (AvgIpc) is 2.37. The number of hydrogen-bond donors (Lipinski definition) is 1. The molecule has 0 radical (unpaired) electrons. The predicted molar refractivity (Wildman–Crippen MR) is 75.1 cm³/mol. The number of nitrogens with two attached hydrogens (primary N) is 1. The Morgan fingerprint density at radius 3 is 2.00 bits per heavy atom. The Labute approximate surface area is 114 Å². The van der Waals surface area contributed by atoms with Gasteiger partial charge >= 0.3 is 0 Å². The van der Waals surface area contributed by atoms with Crippen LogP contribution in [0.15, 0.2) is 24.8 Å². The van der Waals surface area contributed by atoms with Crippen LogP contribution in [0.3, 0.4) is 0 Å². The van der Waals surface area contributed by atoms with E-state index in [4.69, 9.17) is 19.9 Å². The van der Waals surface area contributed by atoms with Crippen molar-refractivity contribution in [1.29, 1.82) is 0 Å². The van der Waals surface area contributed by atoms with Crippen LogP contribution >= 0.6 is 12.4 Å². The Morgan fingerprint density at radius 2 is 1.67 bits per heavy atom. The maximum atomic E-state index is 6.08. The Balaban J connectivity index is 0.00000289. The number of ether oxygens (including phenoxy) is 3. The van der Waals surface area contributed by atoms with Gasteiger partial charge < -0.3 is 19.9 Å². The molecule has 0 heterocycles. The third-order valence-electron chi connectivity index (χ3n) is 2.54. The lowest BCUT2D eigenvalue weighted by Gasteiger charge is -2.19. The van der Waals surface area contributed by atoms with E-state index in [0.717, 1.165) is 5.56 Å². The molecule has 0 saturated heterocycles. The molecule has 18 heavy (non-hydrogen) atoms. The van der Waals surface area contributed by atoms with Crippen LogP contribution in [0.2, 0.25) is 0 Å². The van der Waals surface area contributed by atoms with Gasteiger partial charge in [-0.3, -0.25) is 0 Å². The molecular formula is C13H20ClNO3. The molecule has 0 aromatic heterocycles. The summed E-state index contributed by atoms with van der Waals surface area (Å²) in [6, 6.07) is 3.38. The fraction of sp³-hybridized carbons (Fsp3) is 0.385. The van der Waals surface area contributed by atoms with E-state index < -0.39 is 0 Å². The molecule has 0 unspecified atom stereocenters. The molecule has 0 amide bonds. The first-order chi connectivity index (χ1) is 8.17. The maximum Gasteiger partial charge on any atom is 0.131 e. The molecule has 0 aliphatic heterocycles. The standard InChI is InChI=1S/C13H19NO3.ClH/c1-5-6-10(14)13-11(16-3)7-9(15-2)8-12(13)17-4;/h5,7-8,10H,1,6,14H2,2-4H3;1H/t10-;/m0./s1. The van der Waals surface area contributed by atoms with Crippen molar-refractivity contribution in [2.75, 3.05) is 21.3 Å². The fourth-order valence-electron chi connectivity index (χ4n) is 1.70. The van der Waals surface area contributed by atoms with E-state index in [1.165, 1.54) is 0 Å². The molecule has 0 spiro atoms. The zero-order chi connectivity index (χ0) is 12.8. The minimum absolute atomic E-state index is 0. The summed E-state index contributed by atoms with van der Waals surface area (Å²) in [6.07, 6.45) is 2.42. The zero-order valence-electron chi connectivity index (χ0n) is 10.9. The van der Waals surface area contributed by atoms with Crippen molar-refractivity contribution in [3.8, 4) is 17.2 Å². The van der Waals surface area contributed by atoms with Gasteiger partial charge in [-0.1, -0.05) is 6.08 Å². The number of methoxy groups -OCH3 is 3. The van der Waals surface area contributed by atoms with E-state index >= 15 is 0 Å². The second-order valence-corrected chi connectivity index (χ2v) is 3.58. The lowest BCUT2D eigenvalue weighted by atomic mass is 10.0. The maximum absolute atomic E-state index is 6.08. The largest absolute Gasteiger partial charge is 0.496 e. The van der Waals surface area contributed by atoms with Gasteiger partial charge in [0.05, 0.1) is 26.9 Å². The van der Waals surface area contributed by atoms with Crippen molar-refractivity contribution < 1.29 is 14.2 Å². The minimum Gasteiger partial charge on any atom is -0.496 e. The van der Waals surface area contributed by atoms with Crippen molar-refractivity contribution in [2.24, 2.45) is 5.73 Å². The van der Waals surface area contributed by atoms with Crippen LogP contribution in [0.4, 0.5) is 0 Å². The minimum atomic E-state index is -0.205. The highest BCUT2D eigenvalue weighted by atomic mass is 35.5. The molecule has 102 valence electrons. The molecule has 1 rings (SSSR count). The van der Waals surface area contributed by atoms with Gasteiger partial charge in [0.1, 0.15) is 17.2 Å². The lowest BCUT2D eigenvalue weighted by molar-refractivity contribution is 0.364. The van der Waals surface area contributed by atoms with Crippen molar-refractivity contribution >= 4 is 12.4 Å². The first-order valence-electron chi connectivity index (χ1n) is 5.34. The van der Waals surface area contributed by atoms with Crippen LogP contribution in [-0.2, 0) is 0 Å². The van der Waals surface area contributed by atoms with Crippen molar-refractivity contribution in [1.82, 2.24) is 0 Å². The van der Waals surface area contributed by atoms with E-state index in [9.17, 15) is 0 Å². The number of benzene rings is 1. The number of rotatable bonds is 6. The molecule has 0 saturated carbocycles. The molecule has 1 aromatic carbocycles. The van der Waals surface area contributed by atoms with Gasteiger partial charge in [0.25, 0.3) is 0 Å². The van der Waals surface area contributed by atoms with Gasteiger partial charge in [-0.2, -0.15) is 0 Å². The lowest BCUT2D eigenvalue weighted by Crippen LogP contribution is -2.12. The predicted octanol–water partition coefficient (Wildman–Crippen LogP) is 2.71. The SMILES string of the molecule is C=CC[C@H](N)c1c(OC)cc(OC)cc1OC.Cl. The summed E-state index contributed by atoms with van der Waals surface area (Å²) in [4.78, 5) is 0. The Hall–Kier alpha value is -1.39. The molecule has 1 aromatic rings. The second kappa shape index (κ2) is 7.84. The molecule has 0 fully saturated rings. The van der Waals surface area contributed by atoms with E-state index in [1.807, 2.05) is 0 Å². The fourth-order valence-corrected chi connectivity index (χ4v) is 1.70. The van der Waals surface area contributed by atoms with Gasteiger partial charge in [0.15, 0.2) is 0 Å². The molecule has 0 aliphatic carbocycles. The first-order valence-corrected chi connectivity index (χ1v) is 5.34. The highest BCUT2D eigenvalue weighted by Gasteiger charge is 2.18. The molecular weight excluding hydrogens is 254 g/mol. The average molecular weight is 274 g/mol. The van der Waals surface area contributed by atoms with Crippen LogP contribution < -0.4 is 19.9 Å². The van der Waals surface area contributed by atoms with Gasteiger partial charge in [-0.25, -0.2) is 0 Å². The summed E-state index contributed by atoms with van der Waals surface area (Å²) in [5, 5.41) is 0. The number of hydrogen-bond acceptors (Lipinski definition) is 4. The van der Waals surface area contributed by atoms with Gasteiger partial charge in [0, 0.05) is 18.2 Å². The summed E-state index contributed by atoms with van der Waals surface area (Å²) in [5.74, 6) is 2.00. The molecule has 0 aliphatic rings.